The summed E-state index contributed by atoms with van der Waals surface area (Å²) in [4.78, 5) is 29.4. The molecule has 1 aliphatic heterocycles. The van der Waals surface area contributed by atoms with Gasteiger partial charge in [0, 0.05) is 0 Å². The molecule has 2 atom stereocenters. The van der Waals surface area contributed by atoms with Crippen LogP contribution in [0.1, 0.15) is 15.9 Å². The van der Waals surface area contributed by atoms with Crippen LogP contribution in [-0.4, -0.2) is 77.6 Å². The van der Waals surface area contributed by atoms with Crippen LogP contribution in [0, 0.1) is 5.92 Å². The topological polar surface area (TPSA) is 80.8 Å². The van der Waals surface area contributed by atoms with Crippen molar-refractivity contribution in [3.63, 3.8) is 0 Å². The van der Waals surface area contributed by atoms with Crippen molar-refractivity contribution in [2.24, 2.45) is 5.92 Å². The standard InChI is InChI=1S/C21H21AsF5N3O4/c1-28-19(32)13-7-16(18(22)29-8-13)33-10-14-9-30(11-20(14,23)24)17(31)6-12-2-4-15(5-3-12)34-21(25,26)27/h2-5,7-8,14H,6,9-11,22H2,1H3,(H,28,32)/t14-/m1/s1. The van der Waals surface area contributed by atoms with E-state index < -0.39 is 48.9 Å². The van der Waals surface area contributed by atoms with Gasteiger partial charge in [-0.2, -0.15) is 0 Å². The van der Waals surface area contributed by atoms with Gasteiger partial charge in [-0.05, 0) is 0 Å². The predicted molar refractivity (Wildman–Crippen MR) is 113 cm³/mol. The first-order valence-electron chi connectivity index (χ1n) is 9.98. The number of alkyl halides is 5. The number of hydrogen-bond donors (Lipinski definition) is 1. The van der Waals surface area contributed by atoms with Crippen LogP contribution in [-0.2, 0) is 11.2 Å². The van der Waals surface area contributed by atoms with E-state index in [1.54, 1.807) is 0 Å². The van der Waals surface area contributed by atoms with E-state index in [1.807, 2.05) is 0 Å². The summed E-state index contributed by atoms with van der Waals surface area (Å²) in [5.74, 6) is -5.71. The Hall–Kier alpha value is -2.88. The summed E-state index contributed by atoms with van der Waals surface area (Å²) in [5, 5.41) is 2.44. The fourth-order valence-electron chi connectivity index (χ4n) is 3.34. The molecule has 1 aliphatic rings. The van der Waals surface area contributed by atoms with Gasteiger partial charge in [0.2, 0.25) is 0 Å². The molecule has 1 aromatic heterocycles. The molecule has 34 heavy (non-hydrogen) atoms. The Morgan fingerprint density at radius 1 is 1.26 bits per heavy atom. The molecular formula is C21H21AsF5N3O4. The minimum absolute atomic E-state index is 0.211. The molecule has 1 fully saturated rings. The zero-order valence-electron chi connectivity index (χ0n) is 17.9. The summed E-state index contributed by atoms with van der Waals surface area (Å²) in [6.45, 7) is -1.45. The second-order valence-corrected chi connectivity index (χ2v) is 8.75. The Kier molecular flexibility index (Phi) is 7.70. The number of rotatable bonds is 7. The second-order valence-electron chi connectivity index (χ2n) is 7.60. The number of pyridine rings is 1. The molecule has 0 radical (unpaired) electrons. The van der Waals surface area contributed by atoms with Gasteiger partial charge >= 0.3 is 176 Å². The van der Waals surface area contributed by atoms with Crippen LogP contribution in [0.25, 0.3) is 0 Å². The van der Waals surface area contributed by atoms with Crippen LogP contribution in [0.15, 0.2) is 36.5 Å². The molecule has 0 spiro atoms. The van der Waals surface area contributed by atoms with E-state index in [9.17, 15) is 31.5 Å². The van der Waals surface area contributed by atoms with Crippen molar-refractivity contribution in [3.05, 3.63) is 47.7 Å². The average molecular weight is 549 g/mol. The molecule has 13 heteroatoms. The van der Waals surface area contributed by atoms with Crippen molar-refractivity contribution in [2.45, 2.75) is 18.7 Å². The van der Waals surface area contributed by atoms with E-state index in [2.05, 4.69) is 15.0 Å². The van der Waals surface area contributed by atoms with Crippen LogP contribution < -0.4 is 19.3 Å². The summed E-state index contributed by atoms with van der Waals surface area (Å²) in [6.07, 6.45) is -3.74. The normalized spacial score (nSPS) is 17.4. The molecule has 1 unspecified atom stereocenters. The summed E-state index contributed by atoms with van der Waals surface area (Å²) in [5.41, 5.74) is 0.582. The van der Waals surface area contributed by atoms with E-state index in [4.69, 9.17) is 4.74 Å². The molecule has 2 heterocycles. The number of carbonyl (C=O) groups is 2. The van der Waals surface area contributed by atoms with Crippen molar-refractivity contribution < 1.29 is 41.0 Å². The van der Waals surface area contributed by atoms with E-state index in [0.717, 1.165) is 33.9 Å². The average Bonchev–Trinajstić information content (AvgIpc) is 3.07. The van der Waals surface area contributed by atoms with Gasteiger partial charge in [-0.25, -0.2) is 0 Å². The summed E-state index contributed by atoms with van der Waals surface area (Å²) in [7, 11) is 1.45. The number of likely N-dealkylation sites (tertiary alicyclic amines) is 1. The third-order valence-electron chi connectivity index (χ3n) is 5.12. The van der Waals surface area contributed by atoms with Gasteiger partial charge in [0.1, 0.15) is 5.75 Å². The number of ether oxygens (including phenoxy) is 2. The Bertz CT molecular complexity index is 1050. The summed E-state index contributed by atoms with van der Waals surface area (Å²) >= 11 is 1.10. The number of aromatic nitrogens is 1. The fraction of sp³-hybridized carbons (Fsp3) is 0.381. The maximum absolute atomic E-state index is 14.6. The molecule has 1 N–H and O–H groups in total. The molecule has 2 aromatic rings. The molecule has 1 saturated heterocycles. The van der Waals surface area contributed by atoms with Gasteiger partial charge in [-0.1, -0.05) is 0 Å². The first kappa shape index (κ1) is 25.7. The van der Waals surface area contributed by atoms with Gasteiger partial charge in [0.25, 0.3) is 0 Å². The molecule has 0 saturated carbocycles. The number of nitrogens with zero attached hydrogens (tertiary/aromatic N) is 2. The number of hydrogen-bond acceptors (Lipinski definition) is 5. The van der Waals surface area contributed by atoms with E-state index in [1.165, 1.54) is 31.4 Å². The van der Waals surface area contributed by atoms with Crippen molar-refractivity contribution in [1.82, 2.24) is 15.2 Å². The van der Waals surface area contributed by atoms with Crippen LogP contribution in [0.2, 0.25) is 0 Å². The summed E-state index contributed by atoms with van der Waals surface area (Å²) < 4.78 is 75.6. The molecule has 1 aromatic carbocycles. The zero-order valence-corrected chi connectivity index (χ0v) is 20.3. The number of halogens is 5. The fourth-order valence-corrected chi connectivity index (χ4v) is 3.84. The predicted octanol–water partition coefficient (Wildman–Crippen LogP) is 1.31. The Morgan fingerprint density at radius 2 is 1.94 bits per heavy atom. The van der Waals surface area contributed by atoms with Crippen LogP contribution in [0.4, 0.5) is 22.0 Å². The second kappa shape index (κ2) is 10.2. The third-order valence-corrected chi connectivity index (χ3v) is 6.03. The molecule has 2 amide bonds. The van der Waals surface area contributed by atoms with Crippen molar-refractivity contribution in [1.29, 1.82) is 0 Å². The van der Waals surface area contributed by atoms with Crippen LogP contribution in [0.3, 0.4) is 0 Å². The van der Waals surface area contributed by atoms with Crippen LogP contribution in [0.5, 0.6) is 11.5 Å². The van der Waals surface area contributed by atoms with E-state index >= 15 is 0 Å². The van der Waals surface area contributed by atoms with Crippen molar-refractivity contribution >= 4 is 33.1 Å². The third kappa shape index (κ3) is 6.59. The van der Waals surface area contributed by atoms with Gasteiger partial charge in [-0.3, -0.25) is 0 Å². The Balaban J connectivity index is 1.60. The van der Waals surface area contributed by atoms with Gasteiger partial charge < -0.3 is 4.74 Å². The van der Waals surface area contributed by atoms with Gasteiger partial charge in [-0.15, -0.1) is 13.2 Å². The van der Waals surface area contributed by atoms with Crippen molar-refractivity contribution in [2.75, 3.05) is 26.7 Å². The van der Waals surface area contributed by atoms with Crippen LogP contribution >= 0.6 is 0 Å². The SMILES string of the molecule is CNC(=O)c1cnc([AsH2])c(OC[C@H]2CN(C(=O)Cc3ccc(OC(F)(F)F)cc3)CC2(F)F)c1. The Labute approximate surface area is 200 Å². The monoisotopic (exact) mass is 549 g/mol. The maximum atomic E-state index is 14.6. The number of amides is 2. The molecule has 0 bridgehead atoms. The molecule has 184 valence electrons. The number of carbonyl (C=O) groups excluding carboxylic acids is 2. The Morgan fingerprint density at radius 3 is 2.56 bits per heavy atom. The van der Waals surface area contributed by atoms with E-state index in [-0.39, 0.29) is 24.3 Å². The minimum atomic E-state index is -4.84. The zero-order chi connectivity index (χ0) is 25.1. The summed E-state index contributed by atoms with van der Waals surface area (Å²) in [6, 6.07) is 6.06. The molecule has 3 rings (SSSR count). The first-order chi connectivity index (χ1) is 15.9. The van der Waals surface area contributed by atoms with Gasteiger partial charge in [0.05, 0.1) is 0 Å². The molecular weight excluding hydrogens is 528 g/mol. The molecule has 7 nitrogen and oxygen atoms in total. The van der Waals surface area contributed by atoms with Crippen molar-refractivity contribution in [3.8, 4) is 11.5 Å². The quantitative estimate of drug-likeness (QED) is 0.417. The van der Waals surface area contributed by atoms with E-state index in [0.29, 0.717) is 10.0 Å². The number of nitrogens with one attached hydrogen (secondary N) is 1. The van der Waals surface area contributed by atoms with Gasteiger partial charge in [0.15, 0.2) is 0 Å². The molecule has 0 aliphatic carbocycles. The number of benzene rings is 1. The first-order valence-corrected chi connectivity index (χ1v) is 11.2.